The van der Waals surface area contributed by atoms with Gasteiger partial charge in [-0.1, -0.05) is 24.9 Å². The van der Waals surface area contributed by atoms with Crippen LogP contribution in [-0.2, 0) is 16.6 Å². The van der Waals surface area contributed by atoms with Crippen LogP contribution in [0.2, 0.25) is 5.02 Å². The van der Waals surface area contributed by atoms with Crippen molar-refractivity contribution in [2.45, 2.75) is 50.5 Å². The maximum absolute atomic E-state index is 13.2. The summed E-state index contributed by atoms with van der Waals surface area (Å²) < 4.78 is 27.8. The van der Waals surface area contributed by atoms with E-state index in [1.807, 2.05) is 12.3 Å². The monoisotopic (exact) mass is 496 g/mol. The lowest BCUT2D eigenvalue weighted by molar-refractivity contribution is 0.102. The van der Waals surface area contributed by atoms with Crippen LogP contribution in [-0.4, -0.2) is 54.7 Å². The van der Waals surface area contributed by atoms with Crippen LogP contribution in [0.3, 0.4) is 0 Å². The Bertz CT molecular complexity index is 1070. The third-order valence-corrected chi connectivity index (χ3v) is 9.19. The molecule has 1 aromatic carbocycles. The first-order chi connectivity index (χ1) is 15.3. The maximum Gasteiger partial charge on any atom is 0.257 e. The van der Waals surface area contributed by atoms with Crippen molar-refractivity contribution >= 4 is 44.0 Å². The Morgan fingerprint density at radius 1 is 1.22 bits per heavy atom. The summed E-state index contributed by atoms with van der Waals surface area (Å²) in [5.74, 6) is -0.100. The quantitative estimate of drug-likeness (QED) is 0.638. The van der Waals surface area contributed by atoms with Crippen LogP contribution in [0.4, 0.5) is 5.13 Å². The van der Waals surface area contributed by atoms with E-state index in [1.165, 1.54) is 53.1 Å². The topological polar surface area (TPSA) is 82.6 Å². The first kappa shape index (κ1) is 23.6. The normalized spacial score (nSPS) is 20.9. The lowest BCUT2D eigenvalue weighted by Gasteiger charge is -2.30. The highest BCUT2D eigenvalue weighted by atomic mass is 35.5. The number of anilines is 1. The van der Waals surface area contributed by atoms with Gasteiger partial charge in [0.25, 0.3) is 5.91 Å². The fraction of sp³-hybridized carbons (Fsp3) is 0.545. The SMILES string of the molecule is CC1CCCN(S(=O)(=O)c2cc(C(=O)Nc3nc(CN4CCCCC4)cs3)ccc2Cl)C1. The minimum Gasteiger partial charge on any atom is -0.298 e. The number of carbonyl (C=O) groups excluding carboxylic acids is 1. The average molecular weight is 497 g/mol. The Balaban J connectivity index is 1.46. The largest absolute Gasteiger partial charge is 0.298 e. The Morgan fingerprint density at radius 3 is 2.75 bits per heavy atom. The van der Waals surface area contributed by atoms with Crippen molar-refractivity contribution in [1.29, 1.82) is 0 Å². The molecule has 0 aliphatic carbocycles. The minimum atomic E-state index is -3.76. The van der Waals surface area contributed by atoms with Gasteiger partial charge in [-0.2, -0.15) is 4.31 Å². The van der Waals surface area contributed by atoms with Crippen LogP contribution in [0.25, 0.3) is 0 Å². The molecule has 2 fully saturated rings. The van der Waals surface area contributed by atoms with Crippen molar-refractivity contribution in [2.24, 2.45) is 5.92 Å². The van der Waals surface area contributed by atoms with Gasteiger partial charge in [0, 0.05) is 30.6 Å². The van der Waals surface area contributed by atoms with Gasteiger partial charge in [0.1, 0.15) is 4.90 Å². The molecule has 10 heteroatoms. The number of halogens is 1. The molecule has 7 nitrogen and oxygen atoms in total. The predicted octanol–water partition coefficient (Wildman–Crippen LogP) is 4.46. The van der Waals surface area contributed by atoms with E-state index in [4.69, 9.17) is 11.6 Å². The summed E-state index contributed by atoms with van der Waals surface area (Å²) in [6.07, 6.45) is 5.54. The zero-order chi connectivity index (χ0) is 22.7. The van der Waals surface area contributed by atoms with E-state index >= 15 is 0 Å². The van der Waals surface area contributed by atoms with E-state index in [1.54, 1.807) is 0 Å². The number of rotatable bonds is 6. The number of nitrogens with zero attached hydrogens (tertiary/aromatic N) is 3. The lowest BCUT2D eigenvalue weighted by atomic mass is 10.0. The van der Waals surface area contributed by atoms with Gasteiger partial charge >= 0.3 is 0 Å². The summed E-state index contributed by atoms with van der Waals surface area (Å²) in [6.45, 7) is 5.92. The predicted molar refractivity (Wildman–Crippen MR) is 128 cm³/mol. The first-order valence-corrected chi connectivity index (χ1v) is 13.8. The number of benzene rings is 1. The molecule has 1 aromatic heterocycles. The molecule has 2 aliphatic heterocycles. The molecule has 4 rings (SSSR count). The number of likely N-dealkylation sites (tertiary alicyclic amines) is 1. The summed E-state index contributed by atoms with van der Waals surface area (Å²) >= 11 is 7.62. The second-order valence-corrected chi connectivity index (χ2v) is 11.9. The molecule has 1 amide bonds. The van der Waals surface area contributed by atoms with Gasteiger partial charge in [-0.25, -0.2) is 13.4 Å². The molecule has 2 aromatic rings. The molecular formula is C22H29ClN4O3S2. The number of carbonyl (C=O) groups is 1. The average Bonchev–Trinajstić information content (AvgIpc) is 3.21. The van der Waals surface area contributed by atoms with Crippen molar-refractivity contribution in [1.82, 2.24) is 14.2 Å². The molecule has 1 N–H and O–H groups in total. The fourth-order valence-electron chi connectivity index (χ4n) is 4.30. The van der Waals surface area contributed by atoms with Crippen LogP contribution in [0, 0.1) is 5.92 Å². The third-order valence-electron chi connectivity index (χ3n) is 6.04. The van der Waals surface area contributed by atoms with Gasteiger partial charge in [0.15, 0.2) is 5.13 Å². The molecule has 0 saturated carbocycles. The molecule has 3 heterocycles. The van der Waals surface area contributed by atoms with Crippen LogP contribution in [0.15, 0.2) is 28.5 Å². The Hall–Kier alpha value is -1.52. The number of nitrogens with one attached hydrogen (secondary N) is 1. The van der Waals surface area contributed by atoms with Crippen molar-refractivity contribution in [2.75, 3.05) is 31.5 Å². The molecule has 32 heavy (non-hydrogen) atoms. The summed E-state index contributed by atoms with van der Waals surface area (Å²) in [5, 5.41) is 5.39. The van der Waals surface area contributed by atoms with Gasteiger partial charge in [-0.3, -0.25) is 15.0 Å². The van der Waals surface area contributed by atoms with Crippen LogP contribution in [0.5, 0.6) is 0 Å². The molecule has 0 radical (unpaired) electrons. The standard InChI is InChI=1S/C22H29ClN4O3S2/c1-16-6-5-11-27(13-16)32(29,30)20-12-17(7-8-19(20)23)21(28)25-22-24-18(15-31-22)14-26-9-3-2-4-10-26/h7-8,12,15-16H,2-6,9-11,13-14H2,1H3,(H,24,25,28). The van der Waals surface area contributed by atoms with Gasteiger partial charge in [-0.05, 0) is 62.9 Å². The van der Waals surface area contributed by atoms with Crippen LogP contribution < -0.4 is 5.32 Å². The Kier molecular flexibility index (Phi) is 7.51. The third kappa shape index (κ3) is 5.51. The van der Waals surface area contributed by atoms with Crippen molar-refractivity contribution < 1.29 is 13.2 Å². The van der Waals surface area contributed by atoms with Crippen molar-refractivity contribution in [3.05, 3.63) is 39.9 Å². The van der Waals surface area contributed by atoms with Crippen molar-refractivity contribution in [3.8, 4) is 0 Å². The Labute approximate surface area is 198 Å². The first-order valence-electron chi connectivity index (χ1n) is 11.1. The smallest absolute Gasteiger partial charge is 0.257 e. The van der Waals surface area contributed by atoms with E-state index in [-0.39, 0.29) is 15.5 Å². The van der Waals surface area contributed by atoms with Gasteiger partial charge in [0.2, 0.25) is 10.0 Å². The summed E-state index contributed by atoms with van der Waals surface area (Å²) in [5.41, 5.74) is 1.18. The zero-order valence-corrected chi connectivity index (χ0v) is 20.6. The number of thiazole rings is 1. The van der Waals surface area contributed by atoms with Gasteiger partial charge < -0.3 is 0 Å². The fourth-order valence-corrected chi connectivity index (χ4v) is 7.09. The van der Waals surface area contributed by atoms with Gasteiger partial charge in [-0.15, -0.1) is 11.3 Å². The van der Waals surface area contributed by atoms with Crippen LogP contribution in [0.1, 0.15) is 55.1 Å². The van der Waals surface area contributed by atoms with Crippen LogP contribution >= 0.6 is 22.9 Å². The van der Waals surface area contributed by atoms with E-state index in [0.717, 1.165) is 38.2 Å². The zero-order valence-electron chi connectivity index (χ0n) is 18.2. The maximum atomic E-state index is 13.2. The van der Waals surface area contributed by atoms with E-state index in [0.29, 0.717) is 24.1 Å². The highest BCUT2D eigenvalue weighted by Gasteiger charge is 2.31. The molecule has 0 bridgehead atoms. The van der Waals surface area contributed by atoms with Gasteiger partial charge in [0.05, 0.1) is 10.7 Å². The number of aromatic nitrogens is 1. The minimum absolute atomic E-state index is 0.0224. The molecule has 0 spiro atoms. The molecule has 2 saturated heterocycles. The summed E-state index contributed by atoms with van der Waals surface area (Å²) in [7, 11) is -3.76. The lowest BCUT2D eigenvalue weighted by Crippen LogP contribution is -2.39. The Morgan fingerprint density at radius 2 is 2.00 bits per heavy atom. The highest BCUT2D eigenvalue weighted by Crippen LogP contribution is 2.29. The number of sulfonamides is 1. The van der Waals surface area contributed by atoms with Crippen molar-refractivity contribution in [3.63, 3.8) is 0 Å². The van der Waals surface area contributed by atoms with E-state index < -0.39 is 15.9 Å². The van der Waals surface area contributed by atoms with E-state index in [9.17, 15) is 13.2 Å². The van der Waals surface area contributed by atoms with E-state index in [2.05, 4.69) is 15.2 Å². The second kappa shape index (κ2) is 10.2. The highest BCUT2D eigenvalue weighted by molar-refractivity contribution is 7.89. The number of piperidine rings is 2. The summed E-state index contributed by atoms with van der Waals surface area (Å²) in [6, 6.07) is 4.38. The number of hydrogen-bond donors (Lipinski definition) is 1. The molecular weight excluding hydrogens is 468 g/mol. The molecule has 2 aliphatic rings. The molecule has 1 atom stereocenters. The molecule has 174 valence electrons. The molecule has 1 unspecified atom stereocenters. The number of amides is 1. The second-order valence-electron chi connectivity index (χ2n) is 8.69. The summed E-state index contributed by atoms with van der Waals surface area (Å²) in [4.78, 5) is 19.7. The number of hydrogen-bond acceptors (Lipinski definition) is 6.